The van der Waals surface area contributed by atoms with Gasteiger partial charge in [-0.05, 0) is 0 Å². The van der Waals surface area contributed by atoms with Gasteiger partial charge < -0.3 is 20.7 Å². The second-order valence-corrected chi connectivity index (χ2v) is 3.87. The second kappa shape index (κ2) is 5.53. The molecular formula is C10H17N5O2. The third-order valence-electron chi connectivity index (χ3n) is 2.57. The Labute approximate surface area is 99.5 Å². The molecule has 0 spiro atoms. The van der Waals surface area contributed by atoms with Crippen molar-refractivity contribution in [1.29, 1.82) is 0 Å². The van der Waals surface area contributed by atoms with Crippen molar-refractivity contribution in [1.82, 2.24) is 20.0 Å². The summed E-state index contributed by atoms with van der Waals surface area (Å²) in [6.45, 7) is 3.69. The molecule has 94 valence electrons. The summed E-state index contributed by atoms with van der Waals surface area (Å²) >= 11 is 0. The van der Waals surface area contributed by atoms with Crippen molar-refractivity contribution < 1.29 is 9.53 Å². The van der Waals surface area contributed by atoms with Crippen LogP contribution in [-0.4, -0.2) is 53.6 Å². The lowest BCUT2D eigenvalue weighted by Crippen LogP contribution is -2.46. The van der Waals surface area contributed by atoms with Crippen LogP contribution < -0.4 is 11.1 Å². The molecule has 2 heterocycles. The zero-order valence-corrected chi connectivity index (χ0v) is 9.63. The number of nitrogen functional groups attached to an aromatic ring is 1. The molecule has 0 aliphatic carbocycles. The molecule has 0 radical (unpaired) electrons. The molecule has 7 heteroatoms. The van der Waals surface area contributed by atoms with Crippen molar-refractivity contribution >= 4 is 11.7 Å². The van der Waals surface area contributed by atoms with Gasteiger partial charge in [-0.1, -0.05) is 0 Å². The van der Waals surface area contributed by atoms with E-state index >= 15 is 0 Å². The van der Waals surface area contributed by atoms with Crippen LogP contribution >= 0.6 is 0 Å². The maximum absolute atomic E-state index is 11.7. The highest BCUT2D eigenvalue weighted by atomic mass is 16.5. The maximum Gasteiger partial charge on any atom is 0.317 e. The predicted octanol–water partition coefficient (Wildman–Crippen LogP) is -0.493. The largest absolute Gasteiger partial charge is 0.396 e. The molecule has 2 rings (SSSR count). The highest BCUT2D eigenvalue weighted by molar-refractivity contribution is 5.74. The summed E-state index contributed by atoms with van der Waals surface area (Å²) in [5.74, 6) is 0. The van der Waals surface area contributed by atoms with Crippen LogP contribution in [0.25, 0.3) is 0 Å². The lowest BCUT2D eigenvalue weighted by atomic mass is 10.4. The van der Waals surface area contributed by atoms with Crippen molar-refractivity contribution in [2.45, 2.75) is 6.54 Å². The SMILES string of the molecule is Nc1cnn(CCNC(=O)N2CCOCC2)c1. The lowest BCUT2D eigenvalue weighted by molar-refractivity contribution is 0.0532. The molecule has 3 N–H and O–H groups in total. The molecule has 1 saturated heterocycles. The topological polar surface area (TPSA) is 85.4 Å². The molecule has 2 amide bonds. The first-order chi connectivity index (χ1) is 8.25. The minimum atomic E-state index is -0.0478. The van der Waals surface area contributed by atoms with Gasteiger partial charge >= 0.3 is 6.03 Å². The van der Waals surface area contributed by atoms with Gasteiger partial charge in [-0.15, -0.1) is 0 Å². The summed E-state index contributed by atoms with van der Waals surface area (Å²) in [5, 5.41) is 6.87. The van der Waals surface area contributed by atoms with Crippen LogP contribution in [0.1, 0.15) is 0 Å². The molecule has 0 aromatic carbocycles. The summed E-state index contributed by atoms with van der Waals surface area (Å²) < 4.78 is 6.88. The number of hydrogen-bond donors (Lipinski definition) is 2. The van der Waals surface area contributed by atoms with Crippen molar-refractivity contribution in [2.24, 2.45) is 0 Å². The Morgan fingerprint density at radius 2 is 2.29 bits per heavy atom. The second-order valence-electron chi connectivity index (χ2n) is 3.87. The molecular weight excluding hydrogens is 222 g/mol. The number of ether oxygens (including phenoxy) is 1. The minimum Gasteiger partial charge on any atom is -0.396 e. The molecule has 1 aromatic rings. The summed E-state index contributed by atoms with van der Waals surface area (Å²) in [4.78, 5) is 13.4. The van der Waals surface area contributed by atoms with E-state index in [-0.39, 0.29) is 6.03 Å². The van der Waals surface area contributed by atoms with Crippen molar-refractivity contribution in [2.75, 3.05) is 38.6 Å². The number of carbonyl (C=O) groups excluding carboxylic acids is 1. The minimum absolute atomic E-state index is 0.0478. The van der Waals surface area contributed by atoms with E-state index in [0.29, 0.717) is 45.1 Å². The first-order valence-electron chi connectivity index (χ1n) is 5.64. The number of aromatic nitrogens is 2. The number of carbonyl (C=O) groups is 1. The normalized spacial score (nSPS) is 15.9. The summed E-state index contributed by atoms with van der Waals surface area (Å²) in [6, 6.07) is -0.0478. The van der Waals surface area contributed by atoms with Crippen molar-refractivity contribution in [3.63, 3.8) is 0 Å². The van der Waals surface area contributed by atoms with Crippen LogP contribution in [0.2, 0.25) is 0 Å². The summed E-state index contributed by atoms with van der Waals surface area (Å²) in [7, 11) is 0. The Hall–Kier alpha value is -1.76. The first-order valence-corrected chi connectivity index (χ1v) is 5.64. The van der Waals surface area contributed by atoms with Crippen LogP contribution in [0, 0.1) is 0 Å². The van der Waals surface area contributed by atoms with Gasteiger partial charge in [0.1, 0.15) is 0 Å². The zero-order valence-electron chi connectivity index (χ0n) is 9.63. The smallest absolute Gasteiger partial charge is 0.317 e. The summed E-state index contributed by atoms with van der Waals surface area (Å²) in [6.07, 6.45) is 3.32. The summed E-state index contributed by atoms with van der Waals surface area (Å²) in [5.41, 5.74) is 6.16. The van der Waals surface area contributed by atoms with E-state index in [1.54, 1.807) is 22.0 Å². The highest BCUT2D eigenvalue weighted by Gasteiger charge is 2.15. The van der Waals surface area contributed by atoms with Gasteiger partial charge in [0, 0.05) is 25.8 Å². The standard InChI is InChI=1S/C10H17N5O2/c11-9-7-13-15(8-9)2-1-12-10(16)14-3-5-17-6-4-14/h7-8H,1-6,11H2,(H,12,16). The van der Waals surface area contributed by atoms with Crippen LogP contribution in [-0.2, 0) is 11.3 Å². The van der Waals surface area contributed by atoms with E-state index in [1.807, 2.05) is 0 Å². The van der Waals surface area contributed by atoms with Crippen LogP contribution in [0.15, 0.2) is 12.4 Å². The average molecular weight is 239 g/mol. The molecule has 0 atom stereocenters. The number of rotatable bonds is 3. The number of morpholine rings is 1. The maximum atomic E-state index is 11.7. The molecule has 17 heavy (non-hydrogen) atoms. The Morgan fingerprint density at radius 3 is 2.94 bits per heavy atom. The number of hydrogen-bond acceptors (Lipinski definition) is 4. The van der Waals surface area contributed by atoms with Gasteiger partial charge in [0.05, 0.1) is 31.6 Å². The Morgan fingerprint density at radius 1 is 1.53 bits per heavy atom. The number of nitrogens with zero attached hydrogens (tertiary/aromatic N) is 3. The number of nitrogens with two attached hydrogens (primary N) is 1. The van der Waals surface area contributed by atoms with Gasteiger partial charge in [0.15, 0.2) is 0 Å². The fraction of sp³-hybridized carbons (Fsp3) is 0.600. The van der Waals surface area contributed by atoms with Crippen molar-refractivity contribution in [3.8, 4) is 0 Å². The fourth-order valence-corrected chi connectivity index (χ4v) is 1.66. The predicted molar refractivity (Wildman–Crippen MR) is 62.4 cm³/mol. The van der Waals surface area contributed by atoms with Gasteiger partial charge in [-0.2, -0.15) is 5.10 Å². The molecule has 1 aromatic heterocycles. The van der Waals surface area contributed by atoms with Gasteiger partial charge in [-0.25, -0.2) is 4.79 Å². The average Bonchev–Trinajstić information content (AvgIpc) is 2.76. The zero-order chi connectivity index (χ0) is 12.1. The Balaban J connectivity index is 1.69. The third-order valence-corrected chi connectivity index (χ3v) is 2.57. The number of amides is 2. The molecule has 0 saturated carbocycles. The van der Waals surface area contributed by atoms with E-state index < -0.39 is 0 Å². The van der Waals surface area contributed by atoms with E-state index in [9.17, 15) is 4.79 Å². The third kappa shape index (κ3) is 3.35. The van der Waals surface area contributed by atoms with Gasteiger partial charge in [-0.3, -0.25) is 4.68 Å². The van der Waals surface area contributed by atoms with Crippen LogP contribution in [0.4, 0.5) is 10.5 Å². The Bertz CT molecular complexity index is 373. The van der Waals surface area contributed by atoms with E-state index in [4.69, 9.17) is 10.5 Å². The number of anilines is 1. The fourth-order valence-electron chi connectivity index (χ4n) is 1.66. The first kappa shape index (κ1) is 11.7. The molecule has 1 aliphatic heterocycles. The molecule has 1 fully saturated rings. The Kier molecular flexibility index (Phi) is 3.81. The number of nitrogens with one attached hydrogen (secondary N) is 1. The monoisotopic (exact) mass is 239 g/mol. The number of urea groups is 1. The van der Waals surface area contributed by atoms with Crippen molar-refractivity contribution in [3.05, 3.63) is 12.4 Å². The molecule has 1 aliphatic rings. The molecule has 0 bridgehead atoms. The van der Waals surface area contributed by atoms with E-state index in [1.165, 1.54) is 0 Å². The molecule has 0 unspecified atom stereocenters. The quantitative estimate of drug-likeness (QED) is 0.745. The lowest BCUT2D eigenvalue weighted by Gasteiger charge is -2.26. The molecule has 7 nitrogen and oxygen atoms in total. The van der Waals surface area contributed by atoms with Crippen LogP contribution in [0.5, 0.6) is 0 Å². The highest BCUT2D eigenvalue weighted by Crippen LogP contribution is 1.98. The van der Waals surface area contributed by atoms with E-state index in [0.717, 1.165) is 0 Å². The van der Waals surface area contributed by atoms with Gasteiger partial charge in [0.25, 0.3) is 0 Å². The van der Waals surface area contributed by atoms with Crippen LogP contribution in [0.3, 0.4) is 0 Å². The van der Waals surface area contributed by atoms with E-state index in [2.05, 4.69) is 10.4 Å². The van der Waals surface area contributed by atoms with Gasteiger partial charge in [0.2, 0.25) is 0 Å².